The second-order valence-electron chi connectivity index (χ2n) is 4.08. The molecule has 1 heterocycles. The summed E-state index contributed by atoms with van der Waals surface area (Å²) in [5.74, 6) is 0.287. The molecule has 0 bridgehead atoms. The van der Waals surface area contributed by atoms with Crippen molar-refractivity contribution in [1.29, 1.82) is 0 Å². The van der Waals surface area contributed by atoms with Gasteiger partial charge in [-0.15, -0.1) is 0 Å². The van der Waals surface area contributed by atoms with Gasteiger partial charge in [0.2, 0.25) is 0 Å². The fraction of sp³-hybridized carbons (Fsp3) is 0.133. The van der Waals surface area contributed by atoms with Gasteiger partial charge in [0.15, 0.2) is 18.9 Å². The third-order valence-corrected chi connectivity index (χ3v) is 2.67. The summed E-state index contributed by atoms with van der Waals surface area (Å²) in [6.07, 6.45) is 8.09. The number of benzene rings is 1. The van der Waals surface area contributed by atoms with E-state index < -0.39 is 0 Å². The van der Waals surface area contributed by atoms with E-state index in [1.165, 1.54) is 0 Å². The Bertz CT molecular complexity index is 515. The molecule has 0 fully saturated rings. The quantitative estimate of drug-likeness (QED) is 0.802. The molecule has 3 heteroatoms. The molecule has 0 aliphatic heterocycles. The SMILES string of the molecule is NCC[n+]1ccc(/C=C/c2ccc(O)cc2)cc1. The van der Waals surface area contributed by atoms with Crippen molar-refractivity contribution in [3.8, 4) is 5.75 Å². The van der Waals surface area contributed by atoms with E-state index in [0.29, 0.717) is 6.54 Å². The third-order valence-electron chi connectivity index (χ3n) is 2.67. The Morgan fingerprint density at radius 2 is 1.50 bits per heavy atom. The highest BCUT2D eigenvalue weighted by molar-refractivity contribution is 5.69. The van der Waals surface area contributed by atoms with Gasteiger partial charge in [0, 0.05) is 12.1 Å². The molecule has 0 spiro atoms. The molecule has 1 aromatic carbocycles. The van der Waals surface area contributed by atoms with Crippen LogP contribution < -0.4 is 10.3 Å². The van der Waals surface area contributed by atoms with Gasteiger partial charge in [0.05, 0.1) is 6.54 Å². The molecule has 1 aromatic heterocycles. The lowest BCUT2D eigenvalue weighted by molar-refractivity contribution is -0.694. The minimum absolute atomic E-state index is 0.287. The van der Waals surface area contributed by atoms with Gasteiger partial charge < -0.3 is 10.8 Å². The van der Waals surface area contributed by atoms with E-state index in [0.717, 1.165) is 17.7 Å². The van der Waals surface area contributed by atoms with Gasteiger partial charge in [-0.3, -0.25) is 0 Å². The second kappa shape index (κ2) is 5.98. The van der Waals surface area contributed by atoms with Gasteiger partial charge >= 0.3 is 0 Å². The lowest BCUT2D eigenvalue weighted by Crippen LogP contribution is -2.36. The maximum absolute atomic E-state index is 9.19. The monoisotopic (exact) mass is 241 g/mol. The molecule has 0 saturated heterocycles. The summed E-state index contributed by atoms with van der Waals surface area (Å²) in [4.78, 5) is 0. The number of hydrogen-bond donors (Lipinski definition) is 2. The van der Waals surface area contributed by atoms with Gasteiger partial charge in [-0.2, -0.15) is 0 Å². The van der Waals surface area contributed by atoms with Crippen molar-refractivity contribution in [2.45, 2.75) is 6.54 Å². The van der Waals surface area contributed by atoms with Crippen LogP contribution in [0.15, 0.2) is 48.8 Å². The van der Waals surface area contributed by atoms with E-state index in [1.807, 2.05) is 48.8 Å². The molecule has 0 atom stereocenters. The number of pyridine rings is 1. The minimum atomic E-state index is 0.287. The molecule has 0 radical (unpaired) electrons. The average Bonchev–Trinajstić information content (AvgIpc) is 2.40. The van der Waals surface area contributed by atoms with Crippen LogP contribution >= 0.6 is 0 Å². The Morgan fingerprint density at radius 3 is 2.06 bits per heavy atom. The van der Waals surface area contributed by atoms with E-state index in [9.17, 15) is 5.11 Å². The van der Waals surface area contributed by atoms with Crippen LogP contribution in [-0.2, 0) is 6.54 Å². The van der Waals surface area contributed by atoms with E-state index >= 15 is 0 Å². The highest BCUT2D eigenvalue weighted by Crippen LogP contribution is 2.12. The van der Waals surface area contributed by atoms with Gasteiger partial charge in [-0.05, 0) is 23.3 Å². The highest BCUT2D eigenvalue weighted by atomic mass is 16.3. The summed E-state index contributed by atoms with van der Waals surface area (Å²) >= 11 is 0. The molecule has 0 amide bonds. The van der Waals surface area contributed by atoms with Crippen LogP contribution in [0.3, 0.4) is 0 Å². The number of aromatic nitrogens is 1. The second-order valence-corrected chi connectivity index (χ2v) is 4.08. The molecule has 92 valence electrons. The Morgan fingerprint density at radius 1 is 0.944 bits per heavy atom. The van der Waals surface area contributed by atoms with E-state index in [2.05, 4.69) is 4.57 Å². The van der Waals surface area contributed by atoms with Crippen molar-refractivity contribution < 1.29 is 9.67 Å². The van der Waals surface area contributed by atoms with Crippen molar-refractivity contribution in [2.75, 3.05) is 6.54 Å². The van der Waals surface area contributed by atoms with Crippen LogP contribution in [0, 0.1) is 0 Å². The van der Waals surface area contributed by atoms with Gasteiger partial charge in [-0.25, -0.2) is 4.57 Å². The summed E-state index contributed by atoms with van der Waals surface area (Å²) in [5.41, 5.74) is 7.69. The first kappa shape index (κ1) is 12.3. The number of nitrogens with zero attached hydrogens (tertiary/aromatic N) is 1. The summed E-state index contributed by atoms with van der Waals surface area (Å²) in [7, 11) is 0. The van der Waals surface area contributed by atoms with E-state index in [-0.39, 0.29) is 5.75 Å². The Labute approximate surface area is 107 Å². The molecule has 3 N–H and O–H groups in total. The molecule has 3 nitrogen and oxygen atoms in total. The zero-order valence-electron chi connectivity index (χ0n) is 10.2. The molecule has 0 unspecified atom stereocenters. The molecule has 0 saturated carbocycles. The smallest absolute Gasteiger partial charge is 0.169 e. The van der Waals surface area contributed by atoms with Crippen molar-refractivity contribution in [3.63, 3.8) is 0 Å². The first-order valence-electron chi connectivity index (χ1n) is 5.94. The fourth-order valence-corrected chi connectivity index (χ4v) is 1.66. The standard InChI is InChI=1S/C15H16N2O/c16-9-12-17-10-7-14(8-11-17)2-1-13-3-5-15(18)6-4-13/h1-8,10-11H,9,12,16H2/p+1. The predicted octanol–water partition coefficient (Wildman–Crippen LogP) is 1.81. The Hall–Kier alpha value is -2.13. The van der Waals surface area contributed by atoms with Crippen molar-refractivity contribution in [2.24, 2.45) is 5.73 Å². The zero-order chi connectivity index (χ0) is 12.8. The zero-order valence-corrected chi connectivity index (χ0v) is 10.2. The van der Waals surface area contributed by atoms with Crippen molar-refractivity contribution in [1.82, 2.24) is 0 Å². The molecule has 2 aromatic rings. The van der Waals surface area contributed by atoms with Gasteiger partial charge in [-0.1, -0.05) is 24.3 Å². The lowest BCUT2D eigenvalue weighted by Gasteiger charge is -1.96. The third kappa shape index (κ3) is 3.43. The molecule has 2 rings (SSSR count). The Balaban J connectivity index is 2.06. The number of phenolic OH excluding ortho intramolecular Hbond substituents is 1. The molecule has 0 aliphatic rings. The number of phenols is 1. The van der Waals surface area contributed by atoms with Gasteiger partial charge in [0.1, 0.15) is 5.75 Å². The molecular formula is C15H17N2O+. The lowest BCUT2D eigenvalue weighted by atomic mass is 10.1. The largest absolute Gasteiger partial charge is 0.508 e. The maximum atomic E-state index is 9.19. The van der Waals surface area contributed by atoms with Crippen LogP contribution in [0.1, 0.15) is 11.1 Å². The van der Waals surface area contributed by atoms with Crippen LogP contribution in [0.25, 0.3) is 12.2 Å². The normalized spacial score (nSPS) is 10.9. The molecule has 18 heavy (non-hydrogen) atoms. The predicted molar refractivity (Wildman–Crippen MR) is 72.7 cm³/mol. The topological polar surface area (TPSA) is 50.1 Å². The Kier molecular flexibility index (Phi) is 4.10. The number of nitrogens with two attached hydrogens (primary N) is 1. The molecular weight excluding hydrogens is 224 g/mol. The number of rotatable bonds is 4. The summed E-state index contributed by atoms with van der Waals surface area (Å²) in [6, 6.07) is 11.2. The number of hydrogen-bond acceptors (Lipinski definition) is 2. The summed E-state index contributed by atoms with van der Waals surface area (Å²) in [5, 5.41) is 9.19. The van der Waals surface area contributed by atoms with Crippen LogP contribution in [-0.4, -0.2) is 11.7 Å². The minimum Gasteiger partial charge on any atom is -0.508 e. The number of aromatic hydroxyl groups is 1. The first-order valence-corrected chi connectivity index (χ1v) is 5.94. The van der Waals surface area contributed by atoms with Crippen molar-refractivity contribution >= 4 is 12.2 Å². The van der Waals surface area contributed by atoms with E-state index in [4.69, 9.17) is 5.73 Å². The summed E-state index contributed by atoms with van der Waals surface area (Å²) in [6.45, 7) is 1.48. The van der Waals surface area contributed by atoms with Crippen LogP contribution in [0.2, 0.25) is 0 Å². The molecule has 0 aliphatic carbocycles. The van der Waals surface area contributed by atoms with Gasteiger partial charge in [0.25, 0.3) is 0 Å². The summed E-state index contributed by atoms with van der Waals surface area (Å²) < 4.78 is 2.05. The average molecular weight is 241 g/mol. The van der Waals surface area contributed by atoms with E-state index in [1.54, 1.807) is 12.1 Å². The van der Waals surface area contributed by atoms with Crippen LogP contribution in [0.5, 0.6) is 5.75 Å². The maximum Gasteiger partial charge on any atom is 0.169 e. The van der Waals surface area contributed by atoms with Crippen LogP contribution in [0.4, 0.5) is 0 Å². The highest BCUT2D eigenvalue weighted by Gasteiger charge is 1.96. The van der Waals surface area contributed by atoms with Crippen molar-refractivity contribution in [3.05, 3.63) is 59.9 Å². The fourth-order valence-electron chi connectivity index (χ4n) is 1.66. The first-order chi connectivity index (χ1) is 8.78.